The standard InChI is InChI=1S/C32H45N3O3/c1-5-6-7-8-9-18-31(36)35(22-25(2)3)24-32(37)34(23-27-14-10-13-17-30(27)38-4)20-19-26-21-33-29-16-12-11-15-28(26)29/h10-17,21,25,33H,5-9,18-20,22-24H2,1-4H3. The third-order valence-corrected chi connectivity index (χ3v) is 6.99. The summed E-state index contributed by atoms with van der Waals surface area (Å²) in [5.41, 5.74) is 3.23. The van der Waals surface area contributed by atoms with Crippen molar-refractivity contribution >= 4 is 22.7 Å². The Morgan fingerprint density at radius 3 is 2.39 bits per heavy atom. The van der Waals surface area contributed by atoms with E-state index in [9.17, 15) is 9.59 Å². The Bertz CT molecular complexity index is 1150. The fourth-order valence-electron chi connectivity index (χ4n) is 4.92. The van der Waals surface area contributed by atoms with E-state index in [4.69, 9.17) is 4.74 Å². The van der Waals surface area contributed by atoms with Crippen LogP contribution in [0.15, 0.2) is 54.7 Å². The van der Waals surface area contributed by atoms with Crippen LogP contribution >= 0.6 is 0 Å². The molecule has 0 unspecified atom stereocenters. The van der Waals surface area contributed by atoms with Crippen molar-refractivity contribution in [2.75, 3.05) is 26.7 Å². The van der Waals surface area contributed by atoms with Gasteiger partial charge < -0.3 is 19.5 Å². The molecule has 1 aromatic heterocycles. The highest BCUT2D eigenvalue weighted by Gasteiger charge is 2.23. The van der Waals surface area contributed by atoms with Gasteiger partial charge in [-0.25, -0.2) is 0 Å². The van der Waals surface area contributed by atoms with Crippen LogP contribution in [0.5, 0.6) is 5.75 Å². The predicted molar refractivity (Wildman–Crippen MR) is 155 cm³/mol. The molecule has 0 radical (unpaired) electrons. The molecule has 2 amide bonds. The van der Waals surface area contributed by atoms with Crippen LogP contribution in [0, 0.1) is 5.92 Å². The number of rotatable bonds is 16. The molecule has 0 fully saturated rings. The number of amides is 2. The van der Waals surface area contributed by atoms with Gasteiger partial charge in [0.05, 0.1) is 13.7 Å². The number of unbranched alkanes of at least 4 members (excludes halogenated alkanes) is 4. The summed E-state index contributed by atoms with van der Waals surface area (Å²) in [6.07, 6.45) is 8.75. The molecule has 6 nitrogen and oxygen atoms in total. The summed E-state index contributed by atoms with van der Waals surface area (Å²) < 4.78 is 5.57. The monoisotopic (exact) mass is 519 g/mol. The van der Waals surface area contributed by atoms with Crippen molar-refractivity contribution in [3.8, 4) is 5.75 Å². The molecular formula is C32H45N3O3. The number of aromatic nitrogens is 1. The number of methoxy groups -OCH3 is 1. The zero-order valence-corrected chi connectivity index (χ0v) is 23.7. The van der Waals surface area contributed by atoms with Crippen molar-refractivity contribution in [1.82, 2.24) is 14.8 Å². The Kier molecular flexibility index (Phi) is 11.7. The van der Waals surface area contributed by atoms with E-state index < -0.39 is 0 Å². The Morgan fingerprint density at radius 2 is 1.63 bits per heavy atom. The van der Waals surface area contributed by atoms with Gasteiger partial charge in [-0.15, -0.1) is 0 Å². The molecule has 3 rings (SSSR count). The van der Waals surface area contributed by atoms with E-state index in [1.54, 1.807) is 12.0 Å². The molecule has 6 heteroatoms. The predicted octanol–water partition coefficient (Wildman–Crippen LogP) is 6.59. The van der Waals surface area contributed by atoms with Crippen LogP contribution in [-0.2, 0) is 22.6 Å². The maximum atomic E-state index is 13.8. The van der Waals surface area contributed by atoms with Crippen LogP contribution in [0.4, 0.5) is 0 Å². The topological polar surface area (TPSA) is 65.6 Å². The number of hydrogen-bond acceptors (Lipinski definition) is 3. The molecule has 1 heterocycles. The number of H-pyrrole nitrogens is 1. The van der Waals surface area contributed by atoms with E-state index in [-0.39, 0.29) is 18.4 Å². The molecule has 0 spiro atoms. The number of nitrogens with one attached hydrogen (secondary N) is 1. The minimum Gasteiger partial charge on any atom is -0.496 e. The summed E-state index contributed by atoms with van der Waals surface area (Å²) in [4.78, 5) is 33.9. The number of nitrogens with zero attached hydrogens (tertiary/aromatic N) is 2. The third kappa shape index (κ3) is 8.64. The van der Waals surface area contributed by atoms with Crippen molar-refractivity contribution in [2.45, 2.75) is 72.3 Å². The summed E-state index contributed by atoms with van der Waals surface area (Å²) in [5, 5.41) is 1.18. The van der Waals surface area contributed by atoms with Gasteiger partial charge in [-0.1, -0.05) is 82.9 Å². The number of ether oxygens (including phenoxy) is 1. The zero-order chi connectivity index (χ0) is 27.3. The van der Waals surface area contributed by atoms with Gasteiger partial charge in [-0.05, 0) is 36.5 Å². The largest absolute Gasteiger partial charge is 0.496 e. The maximum Gasteiger partial charge on any atom is 0.242 e. The Labute approximate surface area is 228 Å². The lowest BCUT2D eigenvalue weighted by Gasteiger charge is -2.29. The number of fused-ring (bicyclic) bond motifs is 1. The number of benzene rings is 2. The average molecular weight is 520 g/mol. The Hall–Kier alpha value is -3.28. The third-order valence-electron chi connectivity index (χ3n) is 6.99. The van der Waals surface area contributed by atoms with E-state index in [2.05, 4.69) is 37.9 Å². The molecule has 0 bridgehead atoms. The van der Waals surface area contributed by atoms with E-state index in [0.717, 1.165) is 42.5 Å². The van der Waals surface area contributed by atoms with Gasteiger partial charge in [-0.2, -0.15) is 0 Å². The highest BCUT2D eigenvalue weighted by Crippen LogP contribution is 2.22. The van der Waals surface area contributed by atoms with Crippen LogP contribution in [0.25, 0.3) is 10.9 Å². The number of aromatic amines is 1. The lowest BCUT2D eigenvalue weighted by molar-refractivity contribution is -0.141. The fourth-order valence-corrected chi connectivity index (χ4v) is 4.92. The lowest BCUT2D eigenvalue weighted by atomic mass is 10.1. The molecule has 38 heavy (non-hydrogen) atoms. The molecule has 0 saturated heterocycles. The van der Waals surface area contributed by atoms with Gasteiger partial charge in [0.15, 0.2) is 0 Å². The van der Waals surface area contributed by atoms with E-state index in [1.807, 2.05) is 47.5 Å². The molecule has 0 saturated carbocycles. The number of carbonyl (C=O) groups excluding carboxylic acids is 2. The first-order valence-corrected chi connectivity index (χ1v) is 14.1. The van der Waals surface area contributed by atoms with Crippen LogP contribution in [0.3, 0.4) is 0 Å². The van der Waals surface area contributed by atoms with Crippen molar-refractivity contribution < 1.29 is 14.3 Å². The van der Waals surface area contributed by atoms with Crippen molar-refractivity contribution in [2.24, 2.45) is 5.92 Å². The molecule has 206 valence electrons. The number of hydrogen-bond donors (Lipinski definition) is 1. The number of para-hydroxylation sites is 2. The minimum atomic E-state index is -0.0317. The summed E-state index contributed by atoms with van der Waals surface area (Å²) in [6, 6.07) is 16.0. The van der Waals surface area contributed by atoms with E-state index in [1.165, 1.54) is 23.8 Å². The normalized spacial score (nSPS) is 11.2. The average Bonchev–Trinajstić information content (AvgIpc) is 3.33. The lowest BCUT2D eigenvalue weighted by Crippen LogP contribution is -2.44. The summed E-state index contributed by atoms with van der Waals surface area (Å²) in [7, 11) is 1.65. The molecule has 2 aromatic carbocycles. The van der Waals surface area contributed by atoms with Gasteiger partial charge >= 0.3 is 0 Å². The van der Waals surface area contributed by atoms with Crippen LogP contribution in [-0.4, -0.2) is 53.3 Å². The van der Waals surface area contributed by atoms with Crippen molar-refractivity contribution in [3.05, 3.63) is 65.9 Å². The minimum absolute atomic E-state index is 0.0317. The van der Waals surface area contributed by atoms with Crippen LogP contribution < -0.4 is 4.74 Å². The quantitative estimate of drug-likeness (QED) is 0.217. The van der Waals surface area contributed by atoms with Gasteiger partial charge in [0, 0.05) is 48.7 Å². The second-order valence-corrected chi connectivity index (χ2v) is 10.6. The van der Waals surface area contributed by atoms with Gasteiger partial charge in [0.25, 0.3) is 0 Å². The molecule has 0 aliphatic rings. The second-order valence-electron chi connectivity index (χ2n) is 10.6. The Balaban J connectivity index is 1.75. The van der Waals surface area contributed by atoms with Crippen molar-refractivity contribution in [3.63, 3.8) is 0 Å². The van der Waals surface area contributed by atoms with Gasteiger partial charge in [0.1, 0.15) is 5.75 Å². The first kappa shape index (κ1) is 29.3. The molecule has 3 aromatic rings. The van der Waals surface area contributed by atoms with Crippen LogP contribution in [0.2, 0.25) is 0 Å². The first-order chi connectivity index (χ1) is 18.4. The number of carbonyl (C=O) groups is 2. The molecule has 0 aliphatic carbocycles. The smallest absolute Gasteiger partial charge is 0.242 e. The van der Waals surface area contributed by atoms with Gasteiger partial charge in [0.2, 0.25) is 11.8 Å². The summed E-state index contributed by atoms with van der Waals surface area (Å²) in [5.74, 6) is 1.11. The highest BCUT2D eigenvalue weighted by atomic mass is 16.5. The SMILES string of the molecule is CCCCCCCC(=O)N(CC(=O)N(CCc1c[nH]c2ccccc12)Cc1ccccc1OC)CC(C)C. The van der Waals surface area contributed by atoms with Crippen molar-refractivity contribution in [1.29, 1.82) is 0 Å². The van der Waals surface area contributed by atoms with Crippen LogP contribution in [0.1, 0.15) is 70.4 Å². The molecular weight excluding hydrogens is 474 g/mol. The molecule has 0 atom stereocenters. The second kappa shape index (κ2) is 15.2. The van der Waals surface area contributed by atoms with E-state index >= 15 is 0 Å². The Morgan fingerprint density at radius 1 is 0.895 bits per heavy atom. The summed E-state index contributed by atoms with van der Waals surface area (Å²) >= 11 is 0. The zero-order valence-electron chi connectivity index (χ0n) is 23.7. The fraction of sp³-hybridized carbons (Fsp3) is 0.500. The first-order valence-electron chi connectivity index (χ1n) is 14.1. The molecule has 0 aliphatic heterocycles. The van der Waals surface area contributed by atoms with Gasteiger partial charge in [-0.3, -0.25) is 9.59 Å². The summed E-state index contributed by atoms with van der Waals surface area (Å²) in [6.45, 7) is 8.06. The maximum absolute atomic E-state index is 13.8. The van der Waals surface area contributed by atoms with E-state index in [0.29, 0.717) is 32.0 Å². The highest BCUT2D eigenvalue weighted by molar-refractivity contribution is 5.85. The molecule has 1 N–H and O–H groups in total.